The number of halogens is 1. The zero-order valence-electron chi connectivity index (χ0n) is 14.5. The van der Waals surface area contributed by atoms with Gasteiger partial charge in [-0.25, -0.2) is 15.0 Å². The monoisotopic (exact) mass is 348 g/mol. The highest BCUT2D eigenvalue weighted by atomic mass is 19.1. The van der Waals surface area contributed by atoms with Crippen LogP contribution >= 0.6 is 0 Å². The number of aryl methyl sites for hydroxylation is 1. The minimum absolute atomic E-state index is 0.440. The van der Waals surface area contributed by atoms with Gasteiger partial charge in [0, 0.05) is 35.8 Å². The molecule has 0 bridgehead atoms. The number of hydrogen-bond acceptors (Lipinski definition) is 4. The summed E-state index contributed by atoms with van der Waals surface area (Å²) in [4.78, 5) is 15.9. The lowest BCUT2D eigenvalue weighted by Crippen LogP contribution is -1.98. The molecule has 0 saturated carbocycles. The van der Waals surface area contributed by atoms with Crippen LogP contribution in [0.4, 0.5) is 4.39 Å². The number of nitrogens with zero attached hydrogens (tertiary/aromatic N) is 3. The van der Waals surface area contributed by atoms with E-state index in [1.54, 1.807) is 43.6 Å². The Bertz CT molecular complexity index is 1090. The molecule has 130 valence electrons. The van der Waals surface area contributed by atoms with Gasteiger partial charge in [0.1, 0.15) is 5.65 Å². The van der Waals surface area contributed by atoms with Gasteiger partial charge in [0.15, 0.2) is 0 Å². The number of fused-ring (bicyclic) bond motifs is 1. The van der Waals surface area contributed by atoms with Gasteiger partial charge < -0.3 is 9.72 Å². The smallest absolute Gasteiger partial charge is 0.217 e. The van der Waals surface area contributed by atoms with Gasteiger partial charge >= 0.3 is 0 Å². The Kier molecular flexibility index (Phi) is 4.08. The second-order valence-corrected chi connectivity index (χ2v) is 6.11. The molecule has 0 fully saturated rings. The number of H-pyrrole nitrogens is 1. The summed E-state index contributed by atoms with van der Waals surface area (Å²) in [6, 6.07) is 10.9. The highest BCUT2D eigenvalue weighted by Crippen LogP contribution is 2.24. The number of pyridine rings is 3. The number of aromatic amines is 1. The van der Waals surface area contributed by atoms with Crippen LogP contribution in [0.15, 0.2) is 48.8 Å². The first-order chi connectivity index (χ1) is 12.6. The maximum Gasteiger partial charge on any atom is 0.217 e. The molecule has 26 heavy (non-hydrogen) atoms. The molecular formula is C20H17FN4O. The third kappa shape index (κ3) is 3.01. The molecule has 0 saturated heterocycles. The third-order valence-electron chi connectivity index (χ3n) is 4.26. The summed E-state index contributed by atoms with van der Waals surface area (Å²) in [5, 5.41) is 1.00. The Morgan fingerprint density at radius 2 is 1.92 bits per heavy atom. The maximum atomic E-state index is 14.6. The second-order valence-electron chi connectivity index (χ2n) is 6.11. The summed E-state index contributed by atoms with van der Waals surface area (Å²) in [6.45, 7) is 1.99. The van der Waals surface area contributed by atoms with E-state index in [9.17, 15) is 4.39 Å². The predicted molar refractivity (Wildman–Crippen MR) is 97.6 cm³/mol. The topological polar surface area (TPSA) is 63.7 Å². The fourth-order valence-electron chi connectivity index (χ4n) is 2.92. The summed E-state index contributed by atoms with van der Waals surface area (Å²) in [5.41, 5.74) is 4.43. The summed E-state index contributed by atoms with van der Waals surface area (Å²) in [6.07, 6.45) is 4.12. The van der Waals surface area contributed by atoms with Gasteiger partial charge in [-0.1, -0.05) is 12.1 Å². The quantitative estimate of drug-likeness (QED) is 0.565. The minimum Gasteiger partial charge on any atom is -0.481 e. The molecule has 0 aliphatic carbocycles. The summed E-state index contributed by atoms with van der Waals surface area (Å²) >= 11 is 0. The normalized spacial score (nSPS) is 11.0. The fraction of sp³-hybridized carbons (Fsp3) is 0.150. The van der Waals surface area contributed by atoms with Crippen molar-refractivity contribution in [2.45, 2.75) is 13.3 Å². The second kappa shape index (κ2) is 6.55. The van der Waals surface area contributed by atoms with Gasteiger partial charge in [-0.3, -0.25) is 0 Å². The van der Waals surface area contributed by atoms with Crippen LogP contribution in [0.5, 0.6) is 5.88 Å². The van der Waals surface area contributed by atoms with Crippen LogP contribution in [0.25, 0.3) is 22.4 Å². The standard InChI is InChI=1S/C20H17FN4O/c1-12-8-15-14(11-23-20(15)22-10-12)9-13-6-7-17(25-19(13)21)16-4-3-5-18(24-16)26-2/h3-8,10-11H,9H2,1-2H3,(H,22,23). The number of aromatic nitrogens is 4. The number of methoxy groups -OCH3 is 1. The molecule has 0 aliphatic rings. The van der Waals surface area contributed by atoms with E-state index in [0.717, 1.165) is 22.2 Å². The Labute approximate surface area is 149 Å². The van der Waals surface area contributed by atoms with E-state index in [0.29, 0.717) is 29.3 Å². The van der Waals surface area contributed by atoms with E-state index in [1.165, 1.54) is 0 Å². The molecule has 4 aromatic rings. The molecular weight excluding hydrogens is 331 g/mol. The van der Waals surface area contributed by atoms with Gasteiger partial charge in [-0.2, -0.15) is 4.39 Å². The van der Waals surface area contributed by atoms with Crippen LogP contribution in [0.2, 0.25) is 0 Å². The largest absolute Gasteiger partial charge is 0.481 e. The van der Waals surface area contributed by atoms with Crippen LogP contribution < -0.4 is 4.74 Å². The molecule has 0 aromatic carbocycles. The first kappa shape index (κ1) is 16.2. The van der Waals surface area contributed by atoms with E-state index >= 15 is 0 Å². The molecule has 0 aliphatic heterocycles. The Morgan fingerprint density at radius 3 is 2.73 bits per heavy atom. The van der Waals surface area contributed by atoms with Crippen molar-refractivity contribution in [3.05, 3.63) is 71.4 Å². The third-order valence-corrected chi connectivity index (χ3v) is 4.26. The van der Waals surface area contributed by atoms with Gasteiger partial charge in [-0.15, -0.1) is 0 Å². The zero-order chi connectivity index (χ0) is 18.1. The van der Waals surface area contributed by atoms with Gasteiger partial charge in [-0.05, 0) is 36.2 Å². The summed E-state index contributed by atoms with van der Waals surface area (Å²) in [5.74, 6) is -0.0301. The van der Waals surface area contributed by atoms with Gasteiger partial charge in [0.25, 0.3) is 0 Å². The molecule has 4 heterocycles. The van der Waals surface area contributed by atoms with Crippen molar-refractivity contribution in [3.8, 4) is 17.3 Å². The lowest BCUT2D eigenvalue weighted by atomic mass is 10.1. The van der Waals surface area contributed by atoms with Crippen LogP contribution in [0.1, 0.15) is 16.7 Å². The Hall–Kier alpha value is -3.28. The first-order valence-electron chi connectivity index (χ1n) is 8.23. The van der Waals surface area contributed by atoms with E-state index in [2.05, 4.69) is 19.9 Å². The lowest BCUT2D eigenvalue weighted by molar-refractivity contribution is 0.398. The van der Waals surface area contributed by atoms with E-state index in [1.807, 2.05) is 19.2 Å². The van der Waals surface area contributed by atoms with Crippen molar-refractivity contribution in [3.63, 3.8) is 0 Å². The van der Waals surface area contributed by atoms with Crippen molar-refractivity contribution < 1.29 is 9.13 Å². The van der Waals surface area contributed by atoms with Gasteiger partial charge in [0.05, 0.1) is 18.5 Å². The average molecular weight is 348 g/mol. The van der Waals surface area contributed by atoms with E-state index in [4.69, 9.17) is 4.74 Å². The Balaban J connectivity index is 1.66. The molecule has 5 nitrogen and oxygen atoms in total. The van der Waals surface area contributed by atoms with Crippen LogP contribution in [0, 0.1) is 12.9 Å². The first-order valence-corrected chi connectivity index (χ1v) is 8.23. The van der Waals surface area contributed by atoms with Crippen LogP contribution in [0.3, 0.4) is 0 Å². The minimum atomic E-state index is -0.498. The number of nitrogens with one attached hydrogen (secondary N) is 1. The molecule has 0 amide bonds. The molecule has 0 radical (unpaired) electrons. The number of hydrogen-bond donors (Lipinski definition) is 1. The number of ether oxygens (including phenoxy) is 1. The molecule has 0 atom stereocenters. The van der Waals surface area contributed by atoms with Crippen molar-refractivity contribution in [1.82, 2.24) is 19.9 Å². The molecule has 0 unspecified atom stereocenters. The Morgan fingerprint density at radius 1 is 1.08 bits per heavy atom. The average Bonchev–Trinajstić information content (AvgIpc) is 3.05. The fourth-order valence-corrected chi connectivity index (χ4v) is 2.92. The van der Waals surface area contributed by atoms with Crippen LogP contribution in [-0.4, -0.2) is 27.0 Å². The SMILES string of the molecule is COc1cccc(-c2ccc(Cc3c[nH]c4ncc(C)cc34)c(F)n2)n1. The van der Waals surface area contributed by atoms with E-state index < -0.39 is 5.95 Å². The predicted octanol–water partition coefficient (Wildman–Crippen LogP) is 4.07. The highest BCUT2D eigenvalue weighted by molar-refractivity contribution is 5.80. The maximum absolute atomic E-state index is 14.6. The van der Waals surface area contributed by atoms with Crippen molar-refractivity contribution in [2.24, 2.45) is 0 Å². The van der Waals surface area contributed by atoms with Crippen molar-refractivity contribution in [1.29, 1.82) is 0 Å². The molecule has 4 aromatic heterocycles. The van der Waals surface area contributed by atoms with Crippen molar-refractivity contribution >= 4 is 11.0 Å². The molecule has 4 rings (SSSR count). The molecule has 6 heteroatoms. The van der Waals surface area contributed by atoms with E-state index in [-0.39, 0.29) is 0 Å². The molecule has 1 N–H and O–H groups in total. The van der Waals surface area contributed by atoms with Crippen LogP contribution in [-0.2, 0) is 6.42 Å². The molecule has 0 spiro atoms. The van der Waals surface area contributed by atoms with Gasteiger partial charge in [0.2, 0.25) is 11.8 Å². The summed E-state index contributed by atoms with van der Waals surface area (Å²) < 4.78 is 19.7. The van der Waals surface area contributed by atoms with Crippen molar-refractivity contribution in [2.75, 3.05) is 7.11 Å². The number of rotatable bonds is 4. The lowest BCUT2D eigenvalue weighted by Gasteiger charge is -2.06. The zero-order valence-corrected chi connectivity index (χ0v) is 14.5. The highest BCUT2D eigenvalue weighted by Gasteiger charge is 2.12. The summed E-state index contributed by atoms with van der Waals surface area (Å²) in [7, 11) is 1.54.